The quantitative estimate of drug-likeness (QED) is 0.481. The molecule has 0 N–H and O–H groups in total. The lowest BCUT2D eigenvalue weighted by atomic mass is 9.79. The zero-order valence-corrected chi connectivity index (χ0v) is 6.24. The van der Waals surface area contributed by atoms with Gasteiger partial charge in [-0.2, -0.15) is 0 Å². The summed E-state index contributed by atoms with van der Waals surface area (Å²) in [6.07, 6.45) is 2.81. The van der Waals surface area contributed by atoms with Crippen molar-refractivity contribution in [2.24, 2.45) is 10.8 Å². The van der Waals surface area contributed by atoms with Crippen molar-refractivity contribution in [3.05, 3.63) is 0 Å². The molecule has 0 radical (unpaired) electrons. The molecule has 1 heteroatoms. The monoisotopic (exact) mass is 126 g/mol. The van der Waals surface area contributed by atoms with Gasteiger partial charge in [0, 0.05) is 5.41 Å². The molecule has 1 saturated carbocycles. The minimum absolute atomic E-state index is 0.479. The lowest BCUT2D eigenvalue weighted by Crippen LogP contribution is -2.22. The smallest absolute Gasteiger partial charge is 0.0528 e. The number of hydrogen-bond acceptors (Lipinski definition) is 1. The second kappa shape index (κ2) is 1.34. The van der Waals surface area contributed by atoms with E-state index in [-0.39, 0.29) is 0 Å². The Hall–Kier alpha value is -0.0400. The maximum Gasteiger partial charge on any atom is 0.0528 e. The molecule has 0 aromatic heterocycles. The molecule has 1 spiro atoms. The van der Waals surface area contributed by atoms with Crippen LogP contribution in [0.3, 0.4) is 0 Å². The lowest BCUT2D eigenvalue weighted by molar-refractivity contribution is 0.166. The van der Waals surface area contributed by atoms with E-state index in [1.807, 2.05) is 0 Å². The van der Waals surface area contributed by atoms with Crippen LogP contribution in [-0.4, -0.2) is 13.2 Å². The number of ether oxygens (including phenoxy) is 1. The van der Waals surface area contributed by atoms with Crippen molar-refractivity contribution < 1.29 is 4.74 Å². The van der Waals surface area contributed by atoms with E-state index in [2.05, 4.69) is 13.8 Å². The molecule has 2 aliphatic rings. The Morgan fingerprint density at radius 2 is 1.78 bits per heavy atom. The van der Waals surface area contributed by atoms with Gasteiger partial charge in [0.05, 0.1) is 13.2 Å². The summed E-state index contributed by atoms with van der Waals surface area (Å²) in [4.78, 5) is 0. The van der Waals surface area contributed by atoms with E-state index in [0.29, 0.717) is 10.8 Å². The Morgan fingerprint density at radius 1 is 1.11 bits per heavy atom. The molecule has 1 nitrogen and oxygen atoms in total. The van der Waals surface area contributed by atoms with Crippen molar-refractivity contribution in [2.45, 2.75) is 26.7 Å². The summed E-state index contributed by atoms with van der Waals surface area (Å²) in [5.74, 6) is 0. The second-order valence-corrected chi connectivity index (χ2v) is 4.16. The Kier molecular flexibility index (Phi) is 0.852. The van der Waals surface area contributed by atoms with Crippen LogP contribution < -0.4 is 0 Å². The molecule has 52 valence electrons. The highest BCUT2D eigenvalue weighted by Crippen LogP contribution is 2.61. The van der Waals surface area contributed by atoms with Gasteiger partial charge >= 0.3 is 0 Å². The Balaban J connectivity index is 2.23. The van der Waals surface area contributed by atoms with Gasteiger partial charge in [0.15, 0.2) is 0 Å². The first-order valence-corrected chi connectivity index (χ1v) is 3.74. The number of rotatable bonds is 0. The van der Waals surface area contributed by atoms with Crippen LogP contribution in [0.1, 0.15) is 26.7 Å². The fourth-order valence-corrected chi connectivity index (χ4v) is 1.82. The molecule has 2 rings (SSSR count). The van der Waals surface area contributed by atoms with Crippen molar-refractivity contribution in [3.8, 4) is 0 Å². The van der Waals surface area contributed by atoms with Crippen molar-refractivity contribution in [3.63, 3.8) is 0 Å². The van der Waals surface area contributed by atoms with Gasteiger partial charge in [-0.25, -0.2) is 0 Å². The molecule has 1 aliphatic carbocycles. The summed E-state index contributed by atoms with van der Waals surface area (Å²) in [6.45, 7) is 6.66. The topological polar surface area (TPSA) is 9.23 Å². The summed E-state index contributed by atoms with van der Waals surface area (Å²) in [5, 5.41) is 0. The largest absolute Gasteiger partial charge is 0.380 e. The van der Waals surface area contributed by atoms with Crippen LogP contribution >= 0.6 is 0 Å². The SMILES string of the molecule is CC1(C)COCC12CC2. The molecule has 1 saturated heterocycles. The molecule has 1 aliphatic heterocycles. The molecular weight excluding hydrogens is 112 g/mol. The van der Waals surface area contributed by atoms with Crippen molar-refractivity contribution in [1.29, 1.82) is 0 Å². The minimum atomic E-state index is 0.479. The van der Waals surface area contributed by atoms with Gasteiger partial charge in [-0.15, -0.1) is 0 Å². The summed E-state index contributed by atoms with van der Waals surface area (Å²) < 4.78 is 5.44. The zero-order valence-electron chi connectivity index (χ0n) is 6.24. The molecule has 0 aromatic rings. The van der Waals surface area contributed by atoms with Crippen LogP contribution in [0, 0.1) is 10.8 Å². The fraction of sp³-hybridized carbons (Fsp3) is 1.00. The van der Waals surface area contributed by atoms with Crippen LogP contribution in [0.25, 0.3) is 0 Å². The average molecular weight is 126 g/mol. The predicted molar refractivity (Wildman–Crippen MR) is 36.3 cm³/mol. The fourth-order valence-electron chi connectivity index (χ4n) is 1.82. The van der Waals surface area contributed by atoms with Gasteiger partial charge in [0.2, 0.25) is 0 Å². The van der Waals surface area contributed by atoms with E-state index in [0.717, 1.165) is 13.2 Å². The second-order valence-electron chi connectivity index (χ2n) is 4.16. The third-order valence-corrected chi connectivity index (χ3v) is 3.13. The first-order valence-electron chi connectivity index (χ1n) is 3.74. The van der Waals surface area contributed by atoms with Crippen LogP contribution in [0.15, 0.2) is 0 Å². The summed E-state index contributed by atoms with van der Waals surface area (Å²) in [7, 11) is 0. The van der Waals surface area contributed by atoms with Gasteiger partial charge in [-0.1, -0.05) is 13.8 Å². The van der Waals surface area contributed by atoms with E-state index in [4.69, 9.17) is 4.74 Å². The van der Waals surface area contributed by atoms with Gasteiger partial charge in [-0.05, 0) is 18.3 Å². The summed E-state index contributed by atoms with van der Waals surface area (Å²) in [6, 6.07) is 0. The average Bonchev–Trinajstić information content (AvgIpc) is 2.41. The van der Waals surface area contributed by atoms with E-state index in [1.54, 1.807) is 0 Å². The first kappa shape index (κ1) is 5.72. The van der Waals surface area contributed by atoms with Gasteiger partial charge in [0.1, 0.15) is 0 Å². The van der Waals surface area contributed by atoms with E-state index in [1.165, 1.54) is 12.8 Å². The maximum atomic E-state index is 5.44. The Morgan fingerprint density at radius 3 is 2.00 bits per heavy atom. The van der Waals surface area contributed by atoms with Crippen LogP contribution in [0.4, 0.5) is 0 Å². The van der Waals surface area contributed by atoms with E-state index in [9.17, 15) is 0 Å². The third-order valence-electron chi connectivity index (χ3n) is 3.13. The lowest BCUT2D eigenvalue weighted by Gasteiger charge is -2.23. The highest BCUT2D eigenvalue weighted by molar-refractivity contribution is 5.06. The highest BCUT2D eigenvalue weighted by atomic mass is 16.5. The molecule has 0 unspecified atom stereocenters. The first-order chi connectivity index (χ1) is 4.16. The molecule has 0 amide bonds. The molecular formula is C8H14O. The standard InChI is InChI=1S/C8H14O/c1-7(2)5-9-6-8(7)3-4-8/h3-6H2,1-2H3. The molecule has 0 aromatic carbocycles. The Bertz CT molecular complexity index is 130. The Labute approximate surface area is 56.4 Å². The summed E-state index contributed by atoms with van der Waals surface area (Å²) >= 11 is 0. The molecule has 0 atom stereocenters. The molecule has 0 bridgehead atoms. The molecule has 2 fully saturated rings. The van der Waals surface area contributed by atoms with Crippen LogP contribution in [-0.2, 0) is 4.74 Å². The molecule has 1 heterocycles. The van der Waals surface area contributed by atoms with Gasteiger partial charge in [0.25, 0.3) is 0 Å². The highest BCUT2D eigenvalue weighted by Gasteiger charge is 2.57. The maximum absolute atomic E-state index is 5.44. The third kappa shape index (κ3) is 0.586. The van der Waals surface area contributed by atoms with Crippen molar-refractivity contribution in [1.82, 2.24) is 0 Å². The van der Waals surface area contributed by atoms with E-state index < -0.39 is 0 Å². The predicted octanol–water partition coefficient (Wildman–Crippen LogP) is 1.82. The van der Waals surface area contributed by atoms with Crippen LogP contribution in [0.2, 0.25) is 0 Å². The summed E-state index contributed by atoms with van der Waals surface area (Å²) in [5.41, 5.74) is 1.10. The zero-order chi connectivity index (χ0) is 6.54. The van der Waals surface area contributed by atoms with Crippen molar-refractivity contribution in [2.75, 3.05) is 13.2 Å². The van der Waals surface area contributed by atoms with Crippen LogP contribution in [0.5, 0.6) is 0 Å². The van der Waals surface area contributed by atoms with Gasteiger partial charge in [-0.3, -0.25) is 0 Å². The minimum Gasteiger partial charge on any atom is -0.380 e. The molecule has 9 heavy (non-hydrogen) atoms. The normalized spacial score (nSPS) is 35.3. The van der Waals surface area contributed by atoms with E-state index >= 15 is 0 Å². The van der Waals surface area contributed by atoms with Crippen molar-refractivity contribution >= 4 is 0 Å². The number of hydrogen-bond donors (Lipinski definition) is 0. The van der Waals surface area contributed by atoms with Gasteiger partial charge < -0.3 is 4.74 Å².